The highest BCUT2D eigenvalue weighted by Gasteiger charge is 2.72. The molecular formula is C30H34O6S. The van der Waals surface area contributed by atoms with Crippen LogP contribution in [-0.2, 0) is 28.8 Å². The van der Waals surface area contributed by atoms with Gasteiger partial charge in [0, 0.05) is 19.3 Å². The van der Waals surface area contributed by atoms with Gasteiger partial charge < -0.3 is 25.2 Å². The number of carbonyl (C=O) groups excluding carboxylic acids is 1. The molecule has 0 spiro atoms. The second kappa shape index (κ2) is 11.1. The molecule has 0 saturated carbocycles. The number of hydrogen-bond acceptors (Lipinski definition) is 7. The highest BCUT2D eigenvalue weighted by atomic mass is 32.2. The van der Waals surface area contributed by atoms with E-state index in [0.717, 1.165) is 17.3 Å². The predicted octanol–water partition coefficient (Wildman–Crippen LogP) is 2.95. The number of Topliss-reactive ketones (excluding diaryl/α,β-unsaturated/α-hetero) is 1. The molecule has 0 aromatic heterocycles. The number of rotatable bonds is 9. The minimum Gasteiger partial charge on any atom is -0.384 e. The van der Waals surface area contributed by atoms with E-state index in [2.05, 4.69) is 0 Å². The van der Waals surface area contributed by atoms with Crippen molar-refractivity contribution in [2.75, 3.05) is 6.26 Å². The van der Waals surface area contributed by atoms with Gasteiger partial charge in [-0.25, -0.2) is 0 Å². The van der Waals surface area contributed by atoms with Crippen LogP contribution in [0, 0.1) is 0 Å². The van der Waals surface area contributed by atoms with E-state index < -0.39 is 40.2 Å². The molecule has 4 N–H and O–H groups in total. The zero-order valence-corrected chi connectivity index (χ0v) is 21.8. The van der Waals surface area contributed by atoms with Crippen molar-refractivity contribution in [3.8, 4) is 0 Å². The maximum absolute atomic E-state index is 12.8. The van der Waals surface area contributed by atoms with Crippen LogP contribution in [0.15, 0.2) is 91.0 Å². The summed E-state index contributed by atoms with van der Waals surface area (Å²) in [6.45, 7) is 1.21. The first-order chi connectivity index (χ1) is 17.6. The lowest BCUT2D eigenvalue weighted by atomic mass is 9.59. The summed E-state index contributed by atoms with van der Waals surface area (Å²) < 4.78 is 6.20. The second-order valence-electron chi connectivity index (χ2n) is 9.88. The summed E-state index contributed by atoms with van der Waals surface area (Å²) in [7, 11) is 0. The molecule has 1 aliphatic heterocycles. The van der Waals surface area contributed by atoms with Crippen LogP contribution in [-0.4, -0.2) is 66.9 Å². The van der Waals surface area contributed by atoms with Crippen molar-refractivity contribution in [1.29, 1.82) is 0 Å². The summed E-state index contributed by atoms with van der Waals surface area (Å²) in [5, 5.41) is 48.8. The fourth-order valence-corrected chi connectivity index (χ4v) is 6.35. The van der Waals surface area contributed by atoms with Gasteiger partial charge >= 0.3 is 0 Å². The van der Waals surface area contributed by atoms with Crippen LogP contribution in [0.1, 0.15) is 23.6 Å². The van der Waals surface area contributed by atoms with Crippen LogP contribution in [0.25, 0.3) is 0 Å². The van der Waals surface area contributed by atoms with Crippen molar-refractivity contribution in [3.05, 3.63) is 108 Å². The van der Waals surface area contributed by atoms with Crippen molar-refractivity contribution < 1.29 is 30.0 Å². The SMILES string of the molecule is CS[C@H]1O[C@H](C(O)C(C)=O)[C@](O)(Cc2ccccc2)[C@@](O)(Cc2ccccc2)[C@@]1(O)Cc1ccccc1. The third kappa shape index (κ3) is 5.12. The Bertz CT molecular complexity index is 1180. The van der Waals surface area contributed by atoms with Crippen molar-refractivity contribution in [2.24, 2.45) is 0 Å². The minimum absolute atomic E-state index is 0.0251. The maximum atomic E-state index is 12.8. The Kier molecular flexibility index (Phi) is 8.23. The number of hydrogen-bond donors (Lipinski definition) is 4. The molecule has 3 aromatic rings. The highest BCUT2D eigenvalue weighted by Crippen LogP contribution is 2.52. The molecule has 0 aliphatic carbocycles. The minimum atomic E-state index is -2.24. The van der Waals surface area contributed by atoms with Crippen LogP contribution >= 0.6 is 11.8 Å². The monoisotopic (exact) mass is 522 g/mol. The van der Waals surface area contributed by atoms with Crippen molar-refractivity contribution in [2.45, 2.75) is 60.6 Å². The number of aliphatic hydroxyl groups excluding tert-OH is 1. The number of ether oxygens (including phenoxy) is 1. The zero-order valence-electron chi connectivity index (χ0n) is 21.0. The Labute approximate surface area is 221 Å². The van der Waals surface area contributed by atoms with E-state index in [1.54, 1.807) is 30.5 Å². The lowest BCUT2D eigenvalue weighted by Gasteiger charge is -2.62. The predicted molar refractivity (Wildman–Crippen MR) is 144 cm³/mol. The molecule has 0 amide bonds. The Morgan fingerprint density at radius 3 is 1.59 bits per heavy atom. The van der Waals surface area contributed by atoms with E-state index in [-0.39, 0.29) is 19.3 Å². The molecule has 1 aliphatic rings. The number of benzene rings is 3. The molecule has 1 saturated heterocycles. The van der Waals surface area contributed by atoms with E-state index in [0.29, 0.717) is 11.1 Å². The van der Waals surface area contributed by atoms with Crippen molar-refractivity contribution >= 4 is 17.5 Å². The first-order valence-corrected chi connectivity index (χ1v) is 13.6. The van der Waals surface area contributed by atoms with Crippen LogP contribution < -0.4 is 0 Å². The van der Waals surface area contributed by atoms with Crippen LogP contribution in [0.3, 0.4) is 0 Å². The van der Waals surface area contributed by atoms with Gasteiger partial charge in [0.1, 0.15) is 34.4 Å². The van der Waals surface area contributed by atoms with Gasteiger partial charge in [0.25, 0.3) is 0 Å². The molecule has 0 bridgehead atoms. The van der Waals surface area contributed by atoms with Crippen molar-refractivity contribution in [3.63, 3.8) is 0 Å². The Hall–Kier alpha value is -2.52. The molecule has 6 nitrogen and oxygen atoms in total. The van der Waals surface area contributed by atoms with Gasteiger partial charge in [0.15, 0.2) is 5.78 Å². The topological polar surface area (TPSA) is 107 Å². The first-order valence-electron chi connectivity index (χ1n) is 12.3. The molecule has 196 valence electrons. The van der Waals surface area contributed by atoms with Crippen LogP contribution in [0.2, 0.25) is 0 Å². The first kappa shape index (κ1) is 27.5. The van der Waals surface area contributed by atoms with Gasteiger partial charge in [0.2, 0.25) is 0 Å². The van der Waals surface area contributed by atoms with Crippen LogP contribution in [0.4, 0.5) is 0 Å². The molecule has 37 heavy (non-hydrogen) atoms. The Morgan fingerprint density at radius 2 is 1.19 bits per heavy atom. The maximum Gasteiger partial charge on any atom is 0.161 e. The van der Waals surface area contributed by atoms with E-state index in [4.69, 9.17) is 4.74 Å². The summed E-state index contributed by atoms with van der Waals surface area (Å²) in [5.41, 5.74) is -5.46. The van der Waals surface area contributed by atoms with Gasteiger partial charge in [-0.1, -0.05) is 91.0 Å². The third-order valence-electron chi connectivity index (χ3n) is 7.42. The summed E-state index contributed by atoms with van der Waals surface area (Å²) in [5.74, 6) is -0.605. The van der Waals surface area contributed by atoms with Gasteiger partial charge in [-0.15, -0.1) is 11.8 Å². The smallest absolute Gasteiger partial charge is 0.161 e. The number of ketones is 1. The standard InChI is InChI=1S/C30H34O6S/c1-21(31)25(32)26-28(33,18-22-12-6-3-7-13-22)30(35,20-24-16-10-5-11-17-24)29(34,27(36-26)37-2)19-23-14-8-4-9-15-23/h3-17,25-27,32-35H,18-20H2,1-2H3/t25?,26-,27-,28-,29-,30+/m1/s1. The lowest BCUT2D eigenvalue weighted by molar-refractivity contribution is -0.347. The van der Waals surface area contributed by atoms with Gasteiger partial charge in [-0.05, 0) is 29.9 Å². The molecule has 6 atom stereocenters. The third-order valence-corrected chi connectivity index (χ3v) is 8.35. The molecular weight excluding hydrogens is 488 g/mol. The lowest BCUT2D eigenvalue weighted by Crippen LogP contribution is -2.82. The van der Waals surface area contributed by atoms with E-state index in [9.17, 15) is 25.2 Å². The normalized spacial score (nSPS) is 30.5. The van der Waals surface area contributed by atoms with E-state index in [1.165, 1.54) is 6.92 Å². The number of carbonyl (C=O) groups is 1. The fourth-order valence-electron chi connectivity index (χ4n) is 5.45. The molecule has 1 unspecified atom stereocenters. The molecule has 1 heterocycles. The van der Waals surface area contributed by atoms with Gasteiger partial charge in [-0.3, -0.25) is 4.79 Å². The Balaban J connectivity index is 1.95. The van der Waals surface area contributed by atoms with Gasteiger partial charge in [-0.2, -0.15) is 0 Å². The van der Waals surface area contributed by atoms with Gasteiger partial charge in [0.05, 0.1) is 0 Å². The molecule has 0 radical (unpaired) electrons. The molecule has 7 heteroatoms. The molecule has 3 aromatic carbocycles. The fraction of sp³-hybridized carbons (Fsp3) is 0.367. The number of aliphatic hydroxyl groups is 4. The quantitative estimate of drug-likeness (QED) is 0.342. The van der Waals surface area contributed by atoms with E-state index in [1.807, 2.05) is 66.7 Å². The summed E-state index contributed by atoms with van der Waals surface area (Å²) in [6, 6.07) is 27.3. The zero-order chi connectivity index (χ0) is 26.7. The van der Waals surface area contributed by atoms with E-state index >= 15 is 0 Å². The highest BCUT2D eigenvalue weighted by molar-refractivity contribution is 7.99. The number of thioether (sulfide) groups is 1. The average Bonchev–Trinajstić information content (AvgIpc) is 2.89. The molecule has 4 rings (SSSR count). The summed E-state index contributed by atoms with van der Waals surface area (Å²) >= 11 is 1.16. The van der Waals surface area contributed by atoms with Crippen molar-refractivity contribution in [1.82, 2.24) is 0 Å². The summed E-state index contributed by atoms with van der Waals surface area (Å²) in [6.07, 6.45) is -1.81. The molecule has 1 fully saturated rings. The summed E-state index contributed by atoms with van der Waals surface area (Å²) in [4.78, 5) is 12.4. The Morgan fingerprint density at radius 1 is 0.784 bits per heavy atom. The van der Waals surface area contributed by atoms with Crippen LogP contribution in [0.5, 0.6) is 0 Å². The average molecular weight is 523 g/mol. The largest absolute Gasteiger partial charge is 0.384 e. The second-order valence-corrected chi connectivity index (χ2v) is 10.8.